The molecule has 4 rings (SSSR count). The van der Waals surface area contributed by atoms with Crippen LogP contribution in [0.25, 0.3) is 26.8 Å². The Balaban J connectivity index is 0.000000403. The normalized spacial score (nSPS) is 10.9. The maximum Gasteiger partial charge on any atom is 0.303 e. The Labute approximate surface area is 168 Å². The molecule has 8 heteroatoms. The number of halogens is 1. The first kappa shape index (κ1) is 20.1. The largest absolute Gasteiger partial charge is 0.303 e. The van der Waals surface area contributed by atoms with Crippen molar-refractivity contribution in [1.82, 2.24) is 5.10 Å². The van der Waals surface area contributed by atoms with Crippen LogP contribution < -0.4 is 23.3 Å². The van der Waals surface area contributed by atoms with Gasteiger partial charge in [-0.3, -0.25) is 0 Å². The molecule has 1 aromatic heterocycles. The number of aromatic nitrogens is 2. The fourth-order valence-corrected chi connectivity index (χ4v) is 3.54. The zero-order valence-electron chi connectivity index (χ0n) is 14.5. The van der Waals surface area contributed by atoms with Crippen molar-refractivity contribution in [3.8, 4) is 26.8 Å². The molecule has 4 aromatic rings. The predicted octanol–water partition coefficient (Wildman–Crippen LogP) is -0.00220. The summed E-state index contributed by atoms with van der Waals surface area (Å²) in [6.07, 6.45) is 0. The molecule has 142 valence electrons. The lowest BCUT2D eigenvalue weighted by Gasteiger charge is -2.17. The van der Waals surface area contributed by atoms with Crippen molar-refractivity contribution in [2.24, 2.45) is 0 Å². The van der Waals surface area contributed by atoms with Crippen LogP contribution in [-0.2, 0) is 0 Å². The van der Waals surface area contributed by atoms with E-state index in [0.717, 1.165) is 21.3 Å². The first-order valence-electron chi connectivity index (χ1n) is 8.13. The number of para-hydroxylation sites is 1. The smallest absolute Gasteiger partial charge is 0.222 e. The highest BCUT2D eigenvalue weighted by atomic mass is 35.7. The van der Waals surface area contributed by atoms with Crippen LogP contribution in [0.3, 0.4) is 0 Å². The monoisotopic (exact) mass is 414 g/mol. The molecule has 0 atom stereocenters. The predicted molar refractivity (Wildman–Crippen MR) is 94.5 cm³/mol. The molecule has 3 aromatic carbocycles. The van der Waals surface area contributed by atoms with E-state index >= 15 is 0 Å². The van der Waals surface area contributed by atoms with Crippen molar-refractivity contribution in [3.63, 3.8) is 0 Å². The average Bonchev–Trinajstić information content (AvgIpc) is 3.14. The molecule has 0 N–H and O–H groups in total. The van der Waals surface area contributed by atoms with Gasteiger partial charge in [0.1, 0.15) is 0 Å². The Bertz CT molecular complexity index is 944. The lowest BCUT2D eigenvalue weighted by molar-refractivity contribution is -2.00. The molecule has 0 unspecified atom stereocenters. The van der Waals surface area contributed by atoms with Crippen molar-refractivity contribution in [2.45, 2.75) is 0 Å². The number of rotatable bonds is 3. The molecule has 0 radical (unpaired) electrons. The van der Waals surface area contributed by atoms with Gasteiger partial charge in [0.15, 0.2) is 5.01 Å². The fraction of sp³-hybridized carbons (Fsp3) is 0. The van der Waals surface area contributed by atoms with Gasteiger partial charge in [0.05, 0.1) is 5.56 Å². The SMILES string of the molecule is [O-][Cl+3]([O-])([O-])[O-].c1ccc(-c2n[n+](-c3ccccc3)c(-c3ccccc3)s2)cc1. The van der Waals surface area contributed by atoms with E-state index in [9.17, 15) is 0 Å². The highest BCUT2D eigenvalue weighted by molar-refractivity contribution is 7.17. The molecule has 6 nitrogen and oxygen atoms in total. The van der Waals surface area contributed by atoms with Crippen LogP contribution in [0.15, 0.2) is 91.0 Å². The molecule has 1 heterocycles. The molecular weight excluding hydrogens is 400 g/mol. The van der Waals surface area contributed by atoms with Crippen LogP contribution in [0.4, 0.5) is 0 Å². The van der Waals surface area contributed by atoms with Crippen LogP contribution in [0.1, 0.15) is 0 Å². The van der Waals surface area contributed by atoms with Gasteiger partial charge < -0.3 is 0 Å². The maximum absolute atomic E-state index is 8.49. The minimum atomic E-state index is -4.94. The van der Waals surface area contributed by atoms with Crippen LogP contribution in [0.2, 0.25) is 0 Å². The van der Waals surface area contributed by atoms with Gasteiger partial charge >= 0.3 is 5.01 Å². The van der Waals surface area contributed by atoms with Gasteiger partial charge in [-0.1, -0.05) is 66.7 Å². The molecule has 28 heavy (non-hydrogen) atoms. The van der Waals surface area contributed by atoms with Crippen LogP contribution in [-0.4, -0.2) is 5.10 Å². The van der Waals surface area contributed by atoms with Crippen molar-refractivity contribution < 1.29 is 33.6 Å². The second kappa shape index (κ2) is 9.03. The topological polar surface area (TPSA) is 109 Å². The number of nitrogens with zero attached hydrogens (tertiary/aromatic N) is 2. The van der Waals surface area contributed by atoms with E-state index in [1.54, 1.807) is 11.3 Å². The third-order valence-electron chi connectivity index (χ3n) is 3.62. The summed E-state index contributed by atoms with van der Waals surface area (Å²) in [6, 6.07) is 31.0. The van der Waals surface area contributed by atoms with Crippen molar-refractivity contribution >= 4 is 11.3 Å². The van der Waals surface area contributed by atoms with Crippen molar-refractivity contribution in [3.05, 3.63) is 91.0 Å². The molecule has 0 spiro atoms. The number of hydrogen-bond donors (Lipinski definition) is 0. The minimum absolute atomic E-state index is 1.02. The van der Waals surface area contributed by atoms with Gasteiger partial charge in [-0.05, 0) is 28.2 Å². The van der Waals surface area contributed by atoms with Gasteiger partial charge in [0, 0.05) is 22.8 Å². The maximum atomic E-state index is 8.49. The third kappa shape index (κ3) is 5.67. The van der Waals surface area contributed by atoms with Crippen LogP contribution >= 0.6 is 11.3 Å². The zero-order valence-corrected chi connectivity index (χ0v) is 16.0. The molecule has 0 aliphatic rings. The molecule has 0 aliphatic heterocycles. The van der Waals surface area contributed by atoms with E-state index in [2.05, 4.69) is 48.5 Å². The fourth-order valence-electron chi connectivity index (χ4n) is 2.49. The summed E-state index contributed by atoms with van der Waals surface area (Å²) in [4.78, 5) is 0. The van der Waals surface area contributed by atoms with Gasteiger partial charge in [-0.25, -0.2) is 18.6 Å². The first-order valence-corrected chi connectivity index (χ1v) is 10.2. The van der Waals surface area contributed by atoms with Gasteiger partial charge in [0.25, 0.3) is 0 Å². The van der Waals surface area contributed by atoms with Crippen molar-refractivity contribution in [2.75, 3.05) is 0 Å². The molecule has 0 amide bonds. The van der Waals surface area contributed by atoms with E-state index in [4.69, 9.17) is 23.7 Å². The molecule has 0 aliphatic carbocycles. The van der Waals surface area contributed by atoms with E-state index in [0.29, 0.717) is 0 Å². The highest BCUT2D eigenvalue weighted by Crippen LogP contribution is 2.29. The summed E-state index contributed by atoms with van der Waals surface area (Å²) >= 11 is 1.71. The van der Waals surface area contributed by atoms with Gasteiger partial charge in [0.2, 0.25) is 5.69 Å². The standard InChI is InChI=1S/C20H15N2S.ClHO4/c1-4-10-16(11-5-1)19-21-22(18-14-8-3-9-15-18)20(23-19)17-12-6-2-7-13-17;2-1(3,4)5/h1-15H;(H,2,3,4,5)/q+1;/p-1. The first-order chi connectivity index (χ1) is 13.4. The van der Waals surface area contributed by atoms with Crippen molar-refractivity contribution in [1.29, 1.82) is 0 Å². The van der Waals surface area contributed by atoms with E-state index in [1.807, 2.05) is 47.1 Å². The average molecular weight is 415 g/mol. The van der Waals surface area contributed by atoms with E-state index < -0.39 is 10.2 Å². The van der Waals surface area contributed by atoms with Crippen LogP contribution in [0.5, 0.6) is 0 Å². The quantitative estimate of drug-likeness (QED) is 0.438. The minimum Gasteiger partial charge on any atom is -0.222 e. The summed E-state index contributed by atoms with van der Waals surface area (Å²) in [5, 5.41) is 7.02. The summed E-state index contributed by atoms with van der Waals surface area (Å²) in [7, 11) is -4.94. The summed E-state index contributed by atoms with van der Waals surface area (Å²) in [5.74, 6) is 0. The van der Waals surface area contributed by atoms with Crippen LogP contribution in [0, 0.1) is 10.2 Å². The summed E-state index contributed by atoms with van der Waals surface area (Å²) in [6.45, 7) is 0. The molecule has 0 saturated heterocycles. The van der Waals surface area contributed by atoms with E-state index in [1.165, 1.54) is 5.56 Å². The molecule has 0 saturated carbocycles. The van der Waals surface area contributed by atoms with E-state index in [-0.39, 0.29) is 0 Å². The Hall–Kier alpha value is -2.65. The Morgan fingerprint density at radius 3 is 1.57 bits per heavy atom. The number of benzene rings is 3. The second-order valence-corrected chi connectivity index (χ2v) is 7.30. The Morgan fingerprint density at radius 1 is 0.643 bits per heavy atom. The Morgan fingerprint density at radius 2 is 1.07 bits per heavy atom. The lowest BCUT2D eigenvalue weighted by Crippen LogP contribution is -2.68. The second-order valence-electron chi connectivity index (χ2n) is 5.57. The number of hydrogen-bond acceptors (Lipinski definition) is 6. The third-order valence-corrected chi connectivity index (χ3v) is 4.73. The molecule has 0 fully saturated rings. The van der Waals surface area contributed by atoms with Gasteiger partial charge in [-0.15, -0.1) is 10.2 Å². The Kier molecular flexibility index (Phi) is 6.48. The zero-order chi connectivity index (χ0) is 20.0. The van der Waals surface area contributed by atoms with Gasteiger partial charge in [-0.2, -0.15) is 0 Å². The molecule has 0 bridgehead atoms. The summed E-state index contributed by atoms with van der Waals surface area (Å²) in [5.41, 5.74) is 3.39. The summed E-state index contributed by atoms with van der Waals surface area (Å²) < 4.78 is 36.0. The molecular formula is C20H15ClN2O4S. The highest BCUT2D eigenvalue weighted by Gasteiger charge is 2.24. The lowest BCUT2D eigenvalue weighted by atomic mass is 10.2.